The summed E-state index contributed by atoms with van der Waals surface area (Å²) < 4.78 is 0. The molecule has 0 atom stereocenters. The molecule has 0 radical (unpaired) electrons. The Kier molecular flexibility index (Phi) is 3.55. The zero-order valence-electron chi connectivity index (χ0n) is 11.3. The van der Waals surface area contributed by atoms with Crippen molar-refractivity contribution in [2.75, 3.05) is 23.7 Å². The van der Waals surface area contributed by atoms with Crippen LogP contribution in [0.4, 0.5) is 17.5 Å². The van der Waals surface area contributed by atoms with Crippen molar-refractivity contribution in [3.8, 4) is 0 Å². The lowest BCUT2D eigenvalue weighted by Crippen LogP contribution is -2.27. The van der Waals surface area contributed by atoms with Crippen molar-refractivity contribution in [2.45, 2.75) is 33.1 Å². The van der Waals surface area contributed by atoms with Crippen LogP contribution in [-0.4, -0.2) is 28.0 Å². The van der Waals surface area contributed by atoms with E-state index in [1.165, 1.54) is 6.20 Å². The molecule has 1 aliphatic heterocycles. The van der Waals surface area contributed by atoms with Gasteiger partial charge < -0.3 is 10.6 Å². The number of hydrogen-bond donors (Lipinski definition) is 1. The molecule has 104 valence electrons. The number of nitrogens with zero attached hydrogens (tertiary/aromatic N) is 4. The van der Waals surface area contributed by atoms with Crippen LogP contribution in [-0.2, 0) is 0 Å². The third kappa shape index (κ3) is 2.45. The highest BCUT2D eigenvalue weighted by Crippen LogP contribution is 2.40. The Morgan fingerprint density at radius 1 is 1.53 bits per heavy atom. The number of anilines is 2. The van der Waals surface area contributed by atoms with E-state index in [-0.39, 0.29) is 17.1 Å². The van der Waals surface area contributed by atoms with Crippen LogP contribution in [0.2, 0.25) is 0 Å². The van der Waals surface area contributed by atoms with Gasteiger partial charge in [0.25, 0.3) is 0 Å². The van der Waals surface area contributed by atoms with Gasteiger partial charge in [0, 0.05) is 13.1 Å². The first kappa shape index (κ1) is 13.5. The van der Waals surface area contributed by atoms with Gasteiger partial charge >= 0.3 is 5.69 Å². The second-order valence-corrected chi connectivity index (χ2v) is 5.07. The predicted molar refractivity (Wildman–Crippen MR) is 72.9 cm³/mol. The van der Waals surface area contributed by atoms with E-state index in [2.05, 4.69) is 23.8 Å². The average molecular weight is 265 g/mol. The highest BCUT2D eigenvalue weighted by Gasteiger charge is 2.37. The van der Waals surface area contributed by atoms with Crippen LogP contribution < -0.4 is 10.6 Å². The maximum absolute atomic E-state index is 11.0. The molecule has 2 N–H and O–H groups in total. The van der Waals surface area contributed by atoms with Crippen LogP contribution >= 0.6 is 0 Å². The Hall–Kier alpha value is -1.92. The summed E-state index contributed by atoms with van der Waals surface area (Å²) in [4.78, 5) is 20.3. The Morgan fingerprint density at radius 2 is 2.21 bits per heavy atom. The second-order valence-electron chi connectivity index (χ2n) is 5.07. The van der Waals surface area contributed by atoms with E-state index in [1.807, 2.05) is 4.90 Å². The van der Waals surface area contributed by atoms with Crippen molar-refractivity contribution in [1.29, 1.82) is 0 Å². The van der Waals surface area contributed by atoms with E-state index in [4.69, 9.17) is 5.73 Å². The van der Waals surface area contributed by atoms with Gasteiger partial charge in [0.15, 0.2) is 0 Å². The van der Waals surface area contributed by atoms with Crippen LogP contribution in [0.15, 0.2) is 6.20 Å². The van der Waals surface area contributed by atoms with Gasteiger partial charge in [0.2, 0.25) is 11.8 Å². The van der Waals surface area contributed by atoms with Crippen LogP contribution in [0.1, 0.15) is 33.1 Å². The van der Waals surface area contributed by atoms with E-state index in [0.29, 0.717) is 5.82 Å². The van der Waals surface area contributed by atoms with Gasteiger partial charge in [0.1, 0.15) is 6.20 Å². The van der Waals surface area contributed by atoms with Gasteiger partial charge in [-0.1, -0.05) is 13.8 Å². The van der Waals surface area contributed by atoms with E-state index in [0.717, 1.165) is 32.4 Å². The first-order valence-corrected chi connectivity index (χ1v) is 6.53. The fourth-order valence-electron chi connectivity index (χ4n) is 2.68. The van der Waals surface area contributed by atoms with Crippen molar-refractivity contribution in [3.63, 3.8) is 0 Å². The monoisotopic (exact) mass is 265 g/mol. The summed E-state index contributed by atoms with van der Waals surface area (Å²) in [6.45, 7) is 5.89. The van der Waals surface area contributed by atoms with Gasteiger partial charge in [-0.2, -0.15) is 4.98 Å². The van der Waals surface area contributed by atoms with Gasteiger partial charge in [-0.15, -0.1) is 0 Å². The SMILES string of the molecule is CCC1(CC)CCN(c2nc(N)ncc2[N+](=O)[O-])C1. The largest absolute Gasteiger partial charge is 0.368 e. The molecule has 1 aromatic heterocycles. The minimum atomic E-state index is -0.452. The van der Waals surface area contributed by atoms with E-state index >= 15 is 0 Å². The van der Waals surface area contributed by atoms with E-state index < -0.39 is 4.92 Å². The third-order valence-corrected chi connectivity index (χ3v) is 4.20. The molecule has 0 saturated carbocycles. The molecule has 0 amide bonds. The normalized spacial score (nSPS) is 17.7. The average Bonchev–Trinajstić information content (AvgIpc) is 2.83. The number of nitrogen functional groups attached to an aromatic ring is 1. The van der Waals surface area contributed by atoms with Crippen LogP contribution in [0, 0.1) is 15.5 Å². The Balaban J connectivity index is 2.33. The minimum absolute atomic E-state index is 0.0720. The number of nitrogens with two attached hydrogens (primary N) is 1. The topological polar surface area (TPSA) is 98.2 Å². The molecule has 1 aromatic rings. The van der Waals surface area contributed by atoms with Crippen molar-refractivity contribution in [1.82, 2.24) is 9.97 Å². The highest BCUT2D eigenvalue weighted by atomic mass is 16.6. The Labute approximate surface area is 112 Å². The minimum Gasteiger partial charge on any atom is -0.368 e. The molecule has 0 bridgehead atoms. The first-order valence-electron chi connectivity index (χ1n) is 6.53. The predicted octanol–water partition coefficient (Wildman–Crippen LogP) is 1.98. The lowest BCUT2D eigenvalue weighted by atomic mass is 9.82. The Morgan fingerprint density at radius 3 is 2.74 bits per heavy atom. The molecule has 0 unspecified atom stereocenters. The lowest BCUT2D eigenvalue weighted by Gasteiger charge is -2.26. The summed E-state index contributed by atoms with van der Waals surface area (Å²) >= 11 is 0. The molecule has 19 heavy (non-hydrogen) atoms. The third-order valence-electron chi connectivity index (χ3n) is 4.20. The molecule has 7 nitrogen and oxygen atoms in total. The molecule has 1 fully saturated rings. The van der Waals surface area contributed by atoms with Gasteiger partial charge in [-0.05, 0) is 24.7 Å². The molecule has 1 saturated heterocycles. The van der Waals surface area contributed by atoms with Crippen molar-refractivity contribution < 1.29 is 4.92 Å². The van der Waals surface area contributed by atoms with E-state index in [9.17, 15) is 10.1 Å². The fraction of sp³-hybridized carbons (Fsp3) is 0.667. The van der Waals surface area contributed by atoms with Crippen molar-refractivity contribution in [2.24, 2.45) is 5.41 Å². The summed E-state index contributed by atoms with van der Waals surface area (Å²) in [6, 6.07) is 0. The van der Waals surface area contributed by atoms with Gasteiger partial charge in [-0.3, -0.25) is 10.1 Å². The first-order chi connectivity index (χ1) is 9.01. The molecule has 2 heterocycles. The Bertz CT molecular complexity index is 487. The molecule has 0 spiro atoms. The standard InChI is InChI=1S/C12H19N5O2/c1-3-12(4-2)5-6-16(8-12)10-9(17(18)19)7-14-11(13)15-10/h7H,3-6,8H2,1-2H3,(H2,13,14,15). The summed E-state index contributed by atoms with van der Waals surface area (Å²) in [5.74, 6) is 0.423. The molecule has 0 aromatic carbocycles. The van der Waals surface area contributed by atoms with Crippen LogP contribution in [0.5, 0.6) is 0 Å². The summed E-state index contributed by atoms with van der Waals surface area (Å²) in [6.07, 6.45) is 4.35. The van der Waals surface area contributed by atoms with Crippen molar-refractivity contribution >= 4 is 17.5 Å². The zero-order valence-corrected chi connectivity index (χ0v) is 11.3. The fourth-order valence-corrected chi connectivity index (χ4v) is 2.68. The number of aromatic nitrogens is 2. The quantitative estimate of drug-likeness (QED) is 0.660. The molecule has 2 rings (SSSR count). The number of hydrogen-bond acceptors (Lipinski definition) is 6. The smallest absolute Gasteiger partial charge is 0.329 e. The van der Waals surface area contributed by atoms with Crippen molar-refractivity contribution in [3.05, 3.63) is 16.3 Å². The molecule has 1 aliphatic rings. The second kappa shape index (κ2) is 4.99. The molecular weight excluding hydrogens is 246 g/mol. The highest BCUT2D eigenvalue weighted by molar-refractivity contribution is 5.59. The molecular formula is C12H19N5O2. The number of nitro groups is 1. The summed E-state index contributed by atoms with van der Waals surface area (Å²) in [7, 11) is 0. The van der Waals surface area contributed by atoms with Gasteiger partial charge in [0.05, 0.1) is 4.92 Å². The van der Waals surface area contributed by atoms with Gasteiger partial charge in [-0.25, -0.2) is 4.98 Å². The summed E-state index contributed by atoms with van der Waals surface area (Å²) in [5.41, 5.74) is 5.71. The van der Waals surface area contributed by atoms with E-state index in [1.54, 1.807) is 0 Å². The number of rotatable bonds is 4. The summed E-state index contributed by atoms with van der Waals surface area (Å²) in [5, 5.41) is 11.0. The van der Waals surface area contributed by atoms with Crippen LogP contribution in [0.3, 0.4) is 0 Å². The van der Waals surface area contributed by atoms with Crippen LogP contribution in [0.25, 0.3) is 0 Å². The molecule has 0 aliphatic carbocycles. The lowest BCUT2D eigenvalue weighted by molar-refractivity contribution is -0.384. The maximum atomic E-state index is 11.0. The maximum Gasteiger partial charge on any atom is 0.329 e. The molecule has 7 heteroatoms. The zero-order chi connectivity index (χ0) is 14.0.